The summed E-state index contributed by atoms with van der Waals surface area (Å²) in [6.45, 7) is 8.66. The molecule has 2 heterocycles. The molecule has 0 saturated carbocycles. The highest BCUT2D eigenvalue weighted by Gasteiger charge is 2.30. The van der Waals surface area contributed by atoms with Gasteiger partial charge in [0.25, 0.3) is 0 Å². The lowest BCUT2D eigenvalue weighted by Gasteiger charge is -2.37. The first-order valence-electron chi connectivity index (χ1n) is 9.46. The average molecular weight is 346 g/mol. The van der Waals surface area contributed by atoms with Crippen molar-refractivity contribution in [2.45, 2.75) is 32.4 Å². The molecule has 1 unspecified atom stereocenters. The molecule has 138 valence electrons. The molecule has 2 aliphatic heterocycles. The Labute approximate surface area is 150 Å². The molecule has 0 radical (unpaired) electrons. The molecule has 1 aromatic rings. The zero-order valence-corrected chi connectivity index (χ0v) is 15.2. The zero-order valence-electron chi connectivity index (χ0n) is 15.2. The van der Waals surface area contributed by atoms with Gasteiger partial charge in [-0.1, -0.05) is 30.3 Å². The van der Waals surface area contributed by atoms with Crippen molar-refractivity contribution in [3.05, 3.63) is 35.9 Å². The maximum absolute atomic E-state index is 13.2. The molecule has 0 bridgehead atoms. The van der Waals surface area contributed by atoms with Gasteiger partial charge in [0.05, 0.1) is 13.2 Å². The highest BCUT2D eigenvalue weighted by Crippen LogP contribution is 2.21. The van der Waals surface area contributed by atoms with Gasteiger partial charge in [0, 0.05) is 51.4 Å². The van der Waals surface area contributed by atoms with E-state index >= 15 is 0 Å². The molecular formula is C20H30N2O3. The van der Waals surface area contributed by atoms with Gasteiger partial charge in [-0.05, 0) is 25.3 Å². The van der Waals surface area contributed by atoms with Crippen LogP contribution in [0.3, 0.4) is 0 Å². The normalized spacial score (nSPS) is 21.0. The molecule has 0 aromatic heterocycles. The first kappa shape index (κ1) is 18.4. The Morgan fingerprint density at radius 1 is 1.12 bits per heavy atom. The number of hydrogen-bond donors (Lipinski definition) is 0. The van der Waals surface area contributed by atoms with Gasteiger partial charge >= 0.3 is 0 Å². The van der Waals surface area contributed by atoms with Gasteiger partial charge in [-0.3, -0.25) is 9.69 Å². The lowest BCUT2D eigenvalue weighted by Crippen LogP contribution is -2.49. The zero-order chi connectivity index (χ0) is 17.5. The van der Waals surface area contributed by atoms with Gasteiger partial charge in [-0.25, -0.2) is 0 Å². The molecule has 1 amide bonds. The minimum absolute atomic E-state index is 0.101. The number of carbonyl (C=O) groups excluding carboxylic acids is 1. The second-order valence-corrected chi connectivity index (χ2v) is 7.10. The Morgan fingerprint density at radius 2 is 1.76 bits per heavy atom. The third kappa shape index (κ3) is 5.27. The molecule has 0 aliphatic carbocycles. The van der Waals surface area contributed by atoms with Gasteiger partial charge in [-0.2, -0.15) is 0 Å². The second kappa shape index (κ2) is 9.32. The van der Waals surface area contributed by atoms with Crippen LogP contribution >= 0.6 is 0 Å². The van der Waals surface area contributed by atoms with Crippen molar-refractivity contribution in [2.75, 3.05) is 46.1 Å². The van der Waals surface area contributed by atoms with E-state index in [1.54, 1.807) is 0 Å². The summed E-state index contributed by atoms with van der Waals surface area (Å²) in [5.74, 6) is 0.387. The van der Waals surface area contributed by atoms with Crippen LogP contribution in [-0.2, 0) is 20.8 Å². The molecule has 0 N–H and O–H groups in total. The van der Waals surface area contributed by atoms with Crippen LogP contribution in [0.1, 0.15) is 25.3 Å². The van der Waals surface area contributed by atoms with Gasteiger partial charge in [-0.15, -0.1) is 0 Å². The van der Waals surface area contributed by atoms with E-state index in [2.05, 4.69) is 28.9 Å². The second-order valence-electron chi connectivity index (χ2n) is 7.10. The summed E-state index contributed by atoms with van der Waals surface area (Å²) in [5.41, 5.74) is 1.19. The van der Waals surface area contributed by atoms with Crippen LogP contribution in [-0.4, -0.2) is 67.8 Å². The topological polar surface area (TPSA) is 42.0 Å². The van der Waals surface area contributed by atoms with Crippen LogP contribution in [0.15, 0.2) is 30.3 Å². The Hall–Kier alpha value is -1.43. The molecule has 1 atom stereocenters. The van der Waals surface area contributed by atoms with Crippen molar-refractivity contribution in [1.29, 1.82) is 0 Å². The van der Waals surface area contributed by atoms with E-state index in [1.165, 1.54) is 5.56 Å². The van der Waals surface area contributed by atoms with E-state index in [4.69, 9.17) is 9.47 Å². The third-order valence-electron chi connectivity index (χ3n) is 5.21. The van der Waals surface area contributed by atoms with Gasteiger partial charge in [0.1, 0.15) is 0 Å². The molecule has 0 spiro atoms. The van der Waals surface area contributed by atoms with Crippen molar-refractivity contribution in [3.63, 3.8) is 0 Å². The first-order valence-corrected chi connectivity index (χ1v) is 9.46. The van der Waals surface area contributed by atoms with E-state index < -0.39 is 0 Å². The quantitative estimate of drug-likeness (QED) is 0.792. The third-order valence-corrected chi connectivity index (χ3v) is 5.21. The average Bonchev–Trinajstić information content (AvgIpc) is 2.68. The van der Waals surface area contributed by atoms with Crippen molar-refractivity contribution in [3.8, 4) is 0 Å². The number of ether oxygens (including phenoxy) is 2. The number of carbonyl (C=O) groups is 1. The summed E-state index contributed by atoms with van der Waals surface area (Å²) in [6, 6.07) is 10.5. The van der Waals surface area contributed by atoms with Crippen molar-refractivity contribution in [2.24, 2.45) is 5.92 Å². The Morgan fingerprint density at radius 3 is 2.44 bits per heavy atom. The fraction of sp³-hybridized carbons (Fsp3) is 0.650. The number of hydrogen-bond acceptors (Lipinski definition) is 4. The Bertz CT molecular complexity index is 525. The van der Waals surface area contributed by atoms with Crippen LogP contribution in [0.5, 0.6) is 0 Å². The predicted octanol–water partition coefficient (Wildman–Crippen LogP) is 2.16. The fourth-order valence-electron chi connectivity index (χ4n) is 3.67. The van der Waals surface area contributed by atoms with E-state index in [0.29, 0.717) is 19.8 Å². The number of nitrogens with zero attached hydrogens (tertiary/aromatic N) is 2. The van der Waals surface area contributed by atoms with Gasteiger partial charge in [0.2, 0.25) is 5.91 Å². The molecule has 5 nitrogen and oxygen atoms in total. The number of rotatable bonds is 6. The van der Waals surface area contributed by atoms with Crippen LogP contribution < -0.4 is 0 Å². The van der Waals surface area contributed by atoms with Crippen molar-refractivity contribution < 1.29 is 14.3 Å². The highest BCUT2D eigenvalue weighted by atomic mass is 16.5. The van der Waals surface area contributed by atoms with Crippen LogP contribution in [0.4, 0.5) is 0 Å². The molecule has 2 fully saturated rings. The number of amides is 1. The van der Waals surface area contributed by atoms with Crippen molar-refractivity contribution >= 4 is 5.91 Å². The standard InChI is InChI=1S/C20H30N2O3/c1-17(15-21-9-13-25-14-10-21)22(16-18-5-3-2-4-6-18)20(23)19-7-11-24-12-8-19/h2-6,17,19H,7-16H2,1H3. The molecule has 3 rings (SSSR count). The van der Waals surface area contributed by atoms with E-state index in [0.717, 1.165) is 45.7 Å². The molecule has 2 aliphatic rings. The van der Waals surface area contributed by atoms with Crippen LogP contribution in [0, 0.1) is 5.92 Å². The lowest BCUT2D eigenvalue weighted by molar-refractivity contribution is -0.142. The Kier molecular flexibility index (Phi) is 6.84. The van der Waals surface area contributed by atoms with Crippen molar-refractivity contribution in [1.82, 2.24) is 9.80 Å². The molecule has 1 aromatic carbocycles. The summed E-state index contributed by atoms with van der Waals surface area (Å²) in [4.78, 5) is 17.7. The lowest BCUT2D eigenvalue weighted by atomic mass is 9.97. The summed E-state index contributed by atoms with van der Waals surface area (Å²) in [7, 11) is 0. The van der Waals surface area contributed by atoms with E-state index in [-0.39, 0.29) is 17.9 Å². The fourth-order valence-corrected chi connectivity index (χ4v) is 3.67. The SMILES string of the molecule is CC(CN1CCOCC1)N(Cc1ccccc1)C(=O)C1CCOCC1. The summed E-state index contributed by atoms with van der Waals surface area (Å²) in [6.07, 6.45) is 1.68. The minimum Gasteiger partial charge on any atom is -0.381 e. The first-order chi connectivity index (χ1) is 12.2. The van der Waals surface area contributed by atoms with Crippen LogP contribution in [0.2, 0.25) is 0 Å². The predicted molar refractivity (Wildman–Crippen MR) is 97.3 cm³/mol. The maximum Gasteiger partial charge on any atom is 0.226 e. The largest absolute Gasteiger partial charge is 0.381 e. The summed E-state index contributed by atoms with van der Waals surface area (Å²) < 4.78 is 10.9. The van der Waals surface area contributed by atoms with Gasteiger partial charge in [0.15, 0.2) is 0 Å². The molecule has 2 saturated heterocycles. The van der Waals surface area contributed by atoms with E-state index in [1.807, 2.05) is 18.2 Å². The monoisotopic (exact) mass is 346 g/mol. The smallest absolute Gasteiger partial charge is 0.226 e. The number of morpholine rings is 1. The minimum atomic E-state index is 0.101. The number of benzene rings is 1. The Balaban J connectivity index is 1.69. The maximum atomic E-state index is 13.2. The molecular weight excluding hydrogens is 316 g/mol. The van der Waals surface area contributed by atoms with E-state index in [9.17, 15) is 4.79 Å². The summed E-state index contributed by atoms with van der Waals surface area (Å²) >= 11 is 0. The molecule has 25 heavy (non-hydrogen) atoms. The molecule has 5 heteroatoms. The highest BCUT2D eigenvalue weighted by molar-refractivity contribution is 5.79. The summed E-state index contributed by atoms with van der Waals surface area (Å²) in [5, 5.41) is 0. The van der Waals surface area contributed by atoms with Crippen LogP contribution in [0.25, 0.3) is 0 Å². The van der Waals surface area contributed by atoms with Gasteiger partial charge < -0.3 is 14.4 Å².